The van der Waals surface area contributed by atoms with Gasteiger partial charge in [-0.15, -0.1) is 0 Å². The molecule has 0 heterocycles. The van der Waals surface area contributed by atoms with E-state index in [1.165, 1.54) is 0 Å². The van der Waals surface area contributed by atoms with Gasteiger partial charge in [0.1, 0.15) is 0 Å². The molecule has 0 aromatic carbocycles. The summed E-state index contributed by atoms with van der Waals surface area (Å²) in [6.45, 7) is 3.74. The normalized spacial score (nSPS) is 15.1. The van der Waals surface area contributed by atoms with Crippen molar-refractivity contribution < 1.29 is 12.6 Å². The first-order chi connectivity index (χ1) is 4.45. The van der Waals surface area contributed by atoms with E-state index in [-0.39, 0.29) is 6.10 Å². The molecular formula is C6H14O3S. The summed E-state index contributed by atoms with van der Waals surface area (Å²) in [7, 11) is -3.25. The van der Waals surface area contributed by atoms with E-state index in [9.17, 15) is 8.42 Å². The molecule has 0 saturated heterocycles. The predicted octanol–water partition coefficient (Wildman–Crippen LogP) is 1.15. The zero-order valence-electron chi connectivity index (χ0n) is 6.62. The first kappa shape index (κ1) is 9.91. The second-order valence-electron chi connectivity index (χ2n) is 2.40. The first-order valence-electron chi connectivity index (χ1n) is 3.34. The topological polar surface area (TPSA) is 43.4 Å². The largest absolute Gasteiger partial charge is 0.267 e. The van der Waals surface area contributed by atoms with Gasteiger partial charge in [0.25, 0.3) is 10.1 Å². The van der Waals surface area contributed by atoms with Gasteiger partial charge in [-0.3, -0.25) is 4.18 Å². The van der Waals surface area contributed by atoms with Gasteiger partial charge in [-0.25, -0.2) is 0 Å². The first-order valence-corrected chi connectivity index (χ1v) is 5.15. The molecule has 0 unspecified atom stereocenters. The van der Waals surface area contributed by atoms with E-state index in [1.54, 1.807) is 6.92 Å². The van der Waals surface area contributed by atoms with E-state index in [1.807, 2.05) is 6.92 Å². The highest BCUT2D eigenvalue weighted by Gasteiger charge is 2.07. The van der Waals surface area contributed by atoms with Gasteiger partial charge in [-0.1, -0.05) is 13.3 Å². The molecule has 0 N–H and O–H groups in total. The maximum atomic E-state index is 10.5. The van der Waals surface area contributed by atoms with Crippen molar-refractivity contribution in [1.82, 2.24) is 0 Å². The van der Waals surface area contributed by atoms with Gasteiger partial charge >= 0.3 is 0 Å². The van der Waals surface area contributed by atoms with E-state index >= 15 is 0 Å². The summed E-state index contributed by atoms with van der Waals surface area (Å²) in [6, 6.07) is 0. The highest BCUT2D eigenvalue weighted by atomic mass is 32.2. The monoisotopic (exact) mass is 166 g/mol. The Hall–Kier alpha value is -0.0900. The molecule has 0 saturated carbocycles. The van der Waals surface area contributed by atoms with Crippen LogP contribution in [0.1, 0.15) is 26.7 Å². The molecule has 0 spiro atoms. The lowest BCUT2D eigenvalue weighted by molar-refractivity contribution is 0.219. The summed E-state index contributed by atoms with van der Waals surface area (Å²) in [4.78, 5) is 0. The Morgan fingerprint density at radius 2 is 2.00 bits per heavy atom. The number of hydrogen-bond donors (Lipinski definition) is 0. The molecule has 1 atom stereocenters. The average molecular weight is 166 g/mol. The second kappa shape index (κ2) is 3.93. The van der Waals surface area contributed by atoms with Gasteiger partial charge in [0.15, 0.2) is 0 Å². The highest BCUT2D eigenvalue weighted by Crippen LogP contribution is 2.03. The van der Waals surface area contributed by atoms with Crippen LogP contribution >= 0.6 is 0 Å². The van der Waals surface area contributed by atoms with Crippen molar-refractivity contribution in [2.24, 2.45) is 0 Å². The standard InChI is InChI=1S/C6H14O3S/c1-4-5-6(2)9-10(3,7)8/h6H,4-5H2,1-3H3/t6-/m1/s1. The molecule has 0 aromatic rings. The summed E-state index contributed by atoms with van der Waals surface area (Å²) in [5, 5.41) is 0. The molecule has 0 bridgehead atoms. The maximum Gasteiger partial charge on any atom is 0.264 e. The van der Waals surface area contributed by atoms with Crippen molar-refractivity contribution in [2.75, 3.05) is 6.26 Å². The third-order valence-electron chi connectivity index (χ3n) is 1.03. The predicted molar refractivity (Wildman–Crippen MR) is 40.3 cm³/mol. The zero-order chi connectivity index (χ0) is 8.20. The van der Waals surface area contributed by atoms with Crippen LogP contribution < -0.4 is 0 Å². The summed E-state index contributed by atoms with van der Waals surface area (Å²) in [5.41, 5.74) is 0. The van der Waals surface area contributed by atoms with Gasteiger partial charge < -0.3 is 0 Å². The van der Waals surface area contributed by atoms with Crippen molar-refractivity contribution in [1.29, 1.82) is 0 Å². The smallest absolute Gasteiger partial charge is 0.264 e. The van der Waals surface area contributed by atoms with E-state index < -0.39 is 10.1 Å². The molecule has 0 aliphatic carbocycles. The molecule has 0 fully saturated rings. The lowest BCUT2D eigenvalue weighted by Crippen LogP contribution is -2.13. The Bertz CT molecular complexity index is 171. The molecule has 0 aromatic heterocycles. The molecular weight excluding hydrogens is 152 g/mol. The average Bonchev–Trinajstić information content (AvgIpc) is 1.59. The fourth-order valence-electron chi connectivity index (χ4n) is 0.753. The Labute approximate surface area is 62.5 Å². The highest BCUT2D eigenvalue weighted by molar-refractivity contribution is 7.86. The van der Waals surface area contributed by atoms with Gasteiger partial charge in [0, 0.05) is 0 Å². The number of rotatable bonds is 4. The fraction of sp³-hybridized carbons (Fsp3) is 1.00. The van der Waals surface area contributed by atoms with E-state index in [4.69, 9.17) is 0 Å². The van der Waals surface area contributed by atoms with Crippen LogP contribution in [0.25, 0.3) is 0 Å². The third kappa shape index (κ3) is 6.04. The molecule has 4 heteroatoms. The number of hydrogen-bond acceptors (Lipinski definition) is 3. The molecule has 0 aliphatic rings. The molecule has 10 heavy (non-hydrogen) atoms. The second-order valence-corrected chi connectivity index (χ2v) is 4.00. The van der Waals surface area contributed by atoms with Crippen LogP contribution in [0.3, 0.4) is 0 Å². The van der Waals surface area contributed by atoms with Crippen LogP contribution in [0, 0.1) is 0 Å². The Morgan fingerprint density at radius 1 is 1.50 bits per heavy atom. The maximum absolute atomic E-state index is 10.5. The minimum atomic E-state index is -3.25. The molecule has 62 valence electrons. The van der Waals surface area contributed by atoms with Gasteiger partial charge in [-0.05, 0) is 13.3 Å². The van der Waals surface area contributed by atoms with Crippen molar-refractivity contribution in [2.45, 2.75) is 32.8 Å². The van der Waals surface area contributed by atoms with Crippen molar-refractivity contribution in [3.8, 4) is 0 Å². The van der Waals surface area contributed by atoms with Crippen molar-refractivity contribution >= 4 is 10.1 Å². The van der Waals surface area contributed by atoms with Crippen LogP contribution in [0.2, 0.25) is 0 Å². The van der Waals surface area contributed by atoms with Crippen LogP contribution in [-0.4, -0.2) is 20.8 Å². The summed E-state index contributed by atoms with van der Waals surface area (Å²) in [6.07, 6.45) is 2.61. The van der Waals surface area contributed by atoms with Gasteiger partial charge in [-0.2, -0.15) is 8.42 Å². The van der Waals surface area contributed by atoms with Gasteiger partial charge in [0.2, 0.25) is 0 Å². The molecule has 3 nitrogen and oxygen atoms in total. The summed E-state index contributed by atoms with van der Waals surface area (Å²) in [5.74, 6) is 0. The SMILES string of the molecule is CCC[C@@H](C)OS(C)(=O)=O. The summed E-state index contributed by atoms with van der Waals surface area (Å²) < 4.78 is 25.6. The molecule has 0 aliphatic heterocycles. The Kier molecular flexibility index (Phi) is 3.89. The Morgan fingerprint density at radius 3 is 2.30 bits per heavy atom. The summed E-state index contributed by atoms with van der Waals surface area (Å²) >= 11 is 0. The van der Waals surface area contributed by atoms with Crippen molar-refractivity contribution in [3.63, 3.8) is 0 Å². The van der Waals surface area contributed by atoms with E-state index in [0.29, 0.717) is 0 Å². The lowest BCUT2D eigenvalue weighted by Gasteiger charge is -2.07. The quantitative estimate of drug-likeness (QED) is 0.588. The lowest BCUT2D eigenvalue weighted by atomic mass is 10.2. The van der Waals surface area contributed by atoms with Crippen LogP contribution in [-0.2, 0) is 14.3 Å². The van der Waals surface area contributed by atoms with E-state index in [0.717, 1.165) is 19.1 Å². The third-order valence-corrected chi connectivity index (χ3v) is 1.71. The molecule has 0 amide bonds. The Balaban J connectivity index is 3.69. The minimum Gasteiger partial charge on any atom is -0.267 e. The zero-order valence-corrected chi connectivity index (χ0v) is 7.44. The van der Waals surface area contributed by atoms with Crippen LogP contribution in [0.4, 0.5) is 0 Å². The van der Waals surface area contributed by atoms with Crippen LogP contribution in [0.15, 0.2) is 0 Å². The molecule has 0 rings (SSSR count). The minimum absolute atomic E-state index is 0.181. The van der Waals surface area contributed by atoms with Crippen LogP contribution in [0.5, 0.6) is 0 Å². The van der Waals surface area contributed by atoms with Gasteiger partial charge in [0.05, 0.1) is 12.4 Å². The van der Waals surface area contributed by atoms with Crippen molar-refractivity contribution in [3.05, 3.63) is 0 Å². The molecule has 0 radical (unpaired) electrons. The fourth-order valence-corrected chi connectivity index (χ4v) is 1.45. The van der Waals surface area contributed by atoms with E-state index in [2.05, 4.69) is 4.18 Å².